The molecule has 1 N–H and O–H groups in total. The Bertz CT molecular complexity index is 1180. The summed E-state index contributed by atoms with van der Waals surface area (Å²) in [6, 6.07) is 20.2. The van der Waals surface area contributed by atoms with Crippen molar-refractivity contribution < 1.29 is 14.0 Å². The van der Waals surface area contributed by atoms with E-state index in [9.17, 15) is 14.0 Å². The molecule has 0 bridgehead atoms. The highest BCUT2D eigenvalue weighted by Gasteiger charge is 2.31. The second kappa shape index (κ2) is 13.7. The van der Waals surface area contributed by atoms with Crippen molar-refractivity contribution in [1.29, 1.82) is 0 Å². The van der Waals surface area contributed by atoms with E-state index in [0.717, 1.165) is 11.1 Å². The van der Waals surface area contributed by atoms with Crippen molar-refractivity contribution in [3.05, 3.63) is 105 Å². The number of nitrogens with one attached hydrogen (secondary N) is 1. The molecule has 8 heteroatoms. The van der Waals surface area contributed by atoms with E-state index in [1.54, 1.807) is 30.3 Å². The highest BCUT2D eigenvalue weighted by atomic mass is 35.5. The molecule has 0 aliphatic carbocycles. The molecule has 0 radical (unpaired) electrons. The Labute approximate surface area is 226 Å². The fourth-order valence-corrected chi connectivity index (χ4v) is 5.18. The van der Waals surface area contributed by atoms with Crippen LogP contribution in [0.25, 0.3) is 0 Å². The number of nitrogens with zero attached hydrogens (tertiary/aromatic N) is 1. The molecular weight excluding hydrogens is 518 g/mol. The fourth-order valence-electron chi connectivity index (χ4n) is 3.71. The number of hydrogen-bond acceptors (Lipinski definition) is 3. The van der Waals surface area contributed by atoms with Crippen LogP contribution in [0, 0.1) is 5.82 Å². The Balaban J connectivity index is 1.86. The van der Waals surface area contributed by atoms with Gasteiger partial charge in [0.05, 0.1) is 5.75 Å². The van der Waals surface area contributed by atoms with Crippen molar-refractivity contribution in [2.24, 2.45) is 0 Å². The fraction of sp³-hybridized carbons (Fsp3) is 0.286. The quantitative estimate of drug-likeness (QED) is 0.297. The third-order valence-electron chi connectivity index (χ3n) is 5.50. The maximum atomic E-state index is 14.6. The lowest BCUT2D eigenvalue weighted by molar-refractivity contribution is -0.139. The van der Waals surface area contributed by atoms with E-state index in [1.807, 2.05) is 50.2 Å². The molecule has 0 aliphatic heterocycles. The standard InChI is InChI=1S/C28H29Cl2FN2O2S/c1-19(2)32-28(35)26(14-20-8-4-3-5-9-20)33(16-21-10-6-7-11-25(21)31)27(34)18-36-17-22-12-13-23(29)15-24(22)30/h3-13,15,19,26H,14,16-18H2,1-2H3,(H,32,35)/t26-/m0/s1. The molecule has 0 unspecified atom stereocenters. The van der Waals surface area contributed by atoms with Gasteiger partial charge in [-0.2, -0.15) is 0 Å². The van der Waals surface area contributed by atoms with Gasteiger partial charge in [-0.1, -0.05) is 77.8 Å². The molecule has 36 heavy (non-hydrogen) atoms. The highest BCUT2D eigenvalue weighted by molar-refractivity contribution is 7.99. The van der Waals surface area contributed by atoms with Crippen LogP contribution in [0.15, 0.2) is 72.8 Å². The predicted octanol–water partition coefficient (Wildman–Crippen LogP) is 6.53. The van der Waals surface area contributed by atoms with Crippen LogP contribution in [0.2, 0.25) is 10.0 Å². The minimum absolute atomic E-state index is 0.0171. The van der Waals surface area contributed by atoms with Gasteiger partial charge < -0.3 is 10.2 Å². The van der Waals surface area contributed by atoms with Crippen LogP contribution in [0.4, 0.5) is 4.39 Å². The van der Waals surface area contributed by atoms with Gasteiger partial charge in [-0.3, -0.25) is 9.59 Å². The minimum Gasteiger partial charge on any atom is -0.352 e. The topological polar surface area (TPSA) is 49.4 Å². The summed E-state index contributed by atoms with van der Waals surface area (Å²) in [5.41, 5.74) is 2.12. The second-order valence-corrected chi connectivity index (χ2v) is 10.5. The molecule has 0 spiro atoms. The molecule has 0 fully saturated rings. The molecule has 0 aliphatic rings. The Kier molecular flexibility index (Phi) is 10.7. The number of amides is 2. The van der Waals surface area contributed by atoms with Crippen LogP contribution in [0.5, 0.6) is 0 Å². The number of carbonyl (C=O) groups excluding carboxylic acids is 2. The molecule has 2 amide bonds. The molecule has 0 aromatic heterocycles. The minimum atomic E-state index is -0.804. The average molecular weight is 548 g/mol. The summed E-state index contributed by atoms with van der Waals surface area (Å²) >= 11 is 13.6. The van der Waals surface area contributed by atoms with Crippen LogP contribution < -0.4 is 5.32 Å². The van der Waals surface area contributed by atoms with Gasteiger partial charge in [0, 0.05) is 40.4 Å². The lowest BCUT2D eigenvalue weighted by Gasteiger charge is -2.32. The van der Waals surface area contributed by atoms with Crippen molar-refractivity contribution >= 4 is 46.8 Å². The number of hydrogen-bond donors (Lipinski definition) is 1. The van der Waals surface area contributed by atoms with Crippen LogP contribution in [-0.2, 0) is 28.3 Å². The average Bonchev–Trinajstić information content (AvgIpc) is 2.84. The zero-order valence-electron chi connectivity index (χ0n) is 20.2. The third-order valence-corrected chi connectivity index (χ3v) is 7.05. The van der Waals surface area contributed by atoms with Crippen LogP contribution in [-0.4, -0.2) is 34.6 Å². The van der Waals surface area contributed by atoms with Crippen LogP contribution in [0.3, 0.4) is 0 Å². The molecule has 190 valence electrons. The summed E-state index contributed by atoms with van der Waals surface area (Å²) in [4.78, 5) is 28.4. The lowest BCUT2D eigenvalue weighted by atomic mass is 10.0. The van der Waals surface area contributed by atoms with Gasteiger partial charge in [-0.15, -0.1) is 11.8 Å². The van der Waals surface area contributed by atoms with E-state index in [4.69, 9.17) is 23.2 Å². The van der Waals surface area contributed by atoms with Gasteiger partial charge in [-0.25, -0.2) is 4.39 Å². The molecule has 4 nitrogen and oxygen atoms in total. The van der Waals surface area contributed by atoms with Crippen LogP contribution >= 0.6 is 35.0 Å². The van der Waals surface area contributed by atoms with Gasteiger partial charge in [0.1, 0.15) is 11.9 Å². The van der Waals surface area contributed by atoms with E-state index in [0.29, 0.717) is 27.8 Å². The maximum Gasteiger partial charge on any atom is 0.243 e. The second-order valence-electron chi connectivity index (χ2n) is 8.71. The van der Waals surface area contributed by atoms with Gasteiger partial charge in [0.2, 0.25) is 11.8 Å². The summed E-state index contributed by atoms with van der Waals surface area (Å²) < 4.78 is 14.6. The smallest absolute Gasteiger partial charge is 0.243 e. The molecule has 3 aromatic rings. The van der Waals surface area contributed by atoms with Gasteiger partial charge in [0.25, 0.3) is 0 Å². The number of rotatable bonds is 11. The Hall–Kier alpha value is -2.54. The predicted molar refractivity (Wildman–Crippen MR) is 147 cm³/mol. The number of halogens is 3. The van der Waals surface area contributed by atoms with E-state index in [1.165, 1.54) is 22.7 Å². The Morgan fingerprint density at radius 2 is 1.67 bits per heavy atom. The SMILES string of the molecule is CC(C)NC(=O)[C@H](Cc1ccccc1)N(Cc1ccccc1F)C(=O)CSCc1ccc(Cl)cc1Cl. The summed E-state index contributed by atoms with van der Waals surface area (Å²) in [5, 5.41) is 4.00. The first-order valence-electron chi connectivity index (χ1n) is 11.6. The summed E-state index contributed by atoms with van der Waals surface area (Å²) in [6.07, 6.45) is 0.313. The zero-order chi connectivity index (χ0) is 26.1. The number of benzene rings is 3. The third kappa shape index (κ3) is 8.26. The van der Waals surface area contributed by atoms with Gasteiger partial charge in [-0.05, 0) is 43.2 Å². The highest BCUT2D eigenvalue weighted by Crippen LogP contribution is 2.25. The summed E-state index contributed by atoms with van der Waals surface area (Å²) in [7, 11) is 0. The summed E-state index contributed by atoms with van der Waals surface area (Å²) in [5.74, 6) is -0.346. The molecule has 0 saturated heterocycles. The Morgan fingerprint density at radius 1 is 0.972 bits per heavy atom. The Morgan fingerprint density at radius 3 is 2.33 bits per heavy atom. The van der Waals surface area contributed by atoms with Crippen molar-refractivity contribution in [2.75, 3.05) is 5.75 Å². The van der Waals surface area contributed by atoms with Crippen molar-refractivity contribution in [2.45, 2.75) is 44.6 Å². The first kappa shape index (κ1) is 28.0. The van der Waals surface area contributed by atoms with Crippen molar-refractivity contribution in [3.8, 4) is 0 Å². The lowest BCUT2D eigenvalue weighted by Crippen LogP contribution is -2.52. The molecule has 3 aromatic carbocycles. The van der Waals surface area contributed by atoms with Crippen molar-refractivity contribution in [1.82, 2.24) is 10.2 Å². The normalized spacial score (nSPS) is 11.8. The maximum absolute atomic E-state index is 14.6. The van der Waals surface area contributed by atoms with Crippen molar-refractivity contribution in [3.63, 3.8) is 0 Å². The van der Waals surface area contributed by atoms with Gasteiger partial charge in [0.15, 0.2) is 0 Å². The molecule has 0 saturated carbocycles. The molecule has 1 atom stereocenters. The van der Waals surface area contributed by atoms with E-state index >= 15 is 0 Å². The zero-order valence-corrected chi connectivity index (χ0v) is 22.5. The van der Waals surface area contributed by atoms with E-state index < -0.39 is 11.9 Å². The number of thioether (sulfide) groups is 1. The first-order valence-corrected chi connectivity index (χ1v) is 13.5. The monoisotopic (exact) mass is 546 g/mol. The van der Waals surface area contributed by atoms with E-state index in [-0.39, 0.29) is 30.2 Å². The largest absolute Gasteiger partial charge is 0.352 e. The first-order chi connectivity index (χ1) is 17.2. The van der Waals surface area contributed by atoms with E-state index in [2.05, 4.69) is 5.32 Å². The molecule has 0 heterocycles. The van der Waals surface area contributed by atoms with Crippen LogP contribution in [0.1, 0.15) is 30.5 Å². The summed E-state index contributed by atoms with van der Waals surface area (Å²) in [6.45, 7) is 3.72. The molecular formula is C28H29Cl2FN2O2S. The van der Waals surface area contributed by atoms with Gasteiger partial charge >= 0.3 is 0 Å². The molecule has 3 rings (SSSR count). The number of carbonyl (C=O) groups is 2.